The summed E-state index contributed by atoms with van der Waals surface area (Å²) in [6, 6.07) is 18.9. The second-order valence-corrected chi connectivity index (χ2v) is 6.24. The molecule has 0 bridgehead atoms. The average Bonchev–Trinajstić information content (AvgIpc) is 2.77. The van der Waals surface area contributed by atoms with Crippen molar-refractivity contribution >= 4 is 5.57 Å². The molecule has 0 aliphatic heterocycles. The first-order chi connectivity index (χ1) is 14.0. The summed E-state index contributed by atoms with van der Waals surface area (Å²) in [6.07, 6.45) is 3.40. The summed E-state index contributed by atoms with van der Waals surface area (Å²) < 4.78 is 0. The van der Waals surface area contributed by atoms with Crippen LogP contribution >= 0.6 is 0 Å². The van der Waals surface area contributed by atoms with Crippen molar-refractivity contribution < 1.29 is 0 Å². The van der Waals surface area contributed by atoms with Gasteiger partial charge in [0.05, 0.1) is 0 Å². The van der Waals surface area contributed by atoms with Crippen LogP contribution in [0.1, 0.15) is 92.3 Å². The Hall–Kier alpha value is -2.08. The maximum absolute atomic E-state index is 2.29. The molecule has 0 fully saturated rings. The Bertz CT molecular complexity index is 653. The minimum Gasteiger partial charge on any atom is -0.0758 e. The molecular formula is C29H48. The van der Waals surface area contributed by atoms with Crippen LogP contribution in [0.15, 0.2) is 71.8 Å². The molecule has 0 N–H and O–H groups in total. The van der Waals surface area contributed by atoms with Gasteiger partial charge in [0.2, 0.25) is 0 Å². The molecule has 0 aliphatic rings. The van der Waals surface area contributed by atoms with Gasteiger partial charge >= 0.3 is 0 Å². The number of rotatable bonds is 3. The van der Waals surface area contributed by atoms with Crippen molar-refractivity contribution in [2.45, 2.75) is 89.5 Å². The van der Waals surface area contributed by atoms with Gasteiger partial charge in [0.15, 0.2) is 0 Å². The standard InChI is InChI=1S/C16H22.C7H8.3C2H6/c1-6-13(4)16(11-12(2)3)15-10-8-7-9-14(15)5;1-7-5-3-2-4-6-7;3*1-2/h7-11H,6H2,1-5H3;2-6H,1H3;3*1-2H3/b16-13+;;;;. The zero-order valence-corrected chi connectivity index (χ0v) is 21.5. The lowest BCUT2D eigenvalue weighted by Gasteiger charge is -2.11. The van der Waals surface area contributed by atoms with Crippen LogP contribution in [-0.4, -0.2) is 0 Å². The molecule has 0 radical (unpaired) electrons. The van der Waals surface area contributed by atoms with Crippen molar-refractivity contribution in [3.8, 4) is 0 Å². The molecule has 0 heteroatoms. The predicted molar refractivity (Wildman–Crippen MR) is 139 cm³/mol. The van der Waals surface area contributed by atoms with Gasteiger partial charge in [0, 0.05) is 0 Å². The van der Waals surface area contributed by atoms with E-state index in [-0.39, 0.29) is 0 Å². The highest BCUT2D eigenvalue weighted by atomic mass is 14.1. The van der Waals surface area contributed by atoms with Crippen LogP contribution in [0, 0.1) is 13.8 Å². The maximum atomic E-state index is 2.29. The van der Waals surface area contributed by atoms with E-state index in [1.807, 2.05) is 59.7 Å². The average molecular weight is 397 g/mol. The molecule has 0 unspecified atom stereocenters. The van der Waals surface area contributed by atoms with Gasteiger partial charge in [-0.1, -0.05) is 126 Å². The van der Waals surface area contributed by atoms with Gasteiger partial charge in [-0.2, -0.15) is 0 Å². The smallest absolute Gasteiger partial charge is 0.0155 e. The maximum Gasteiger partial charge on any atom is -0.0155 e. The van der Waals surface area contributed by atoms with Gasteiger partial charge in [0.25, 0.3) is 0 Å². The second kappa shape index (κ2) is 22.2. The Morgan fingerprint density at radius 2 is 1.14 bits per heavy atom. The molecule has 29 heavy (non-hydrogen) atoms. The summed E-state index contributed by atoms with van der Waals surface area (Å²) in [5, 5.41) is 0. The predicted octanol–water partition coefficient (Wildman–Crippen LogP) is 10.2. The van der Waals surface area contributed by atoms with E-state index in [9.17, 15) is 0 Å². The highest BCUT2D eigenvalue weighted by molar-refractivity contribution is 5.78. The molecule has 0 nitrogen and oxygen atoms in total. The molecule has 0 saturated heterocycles. The third-order valence-corrected chi connectivity index (χ3v) is 3.80. The summed E-state index contributed by atoms with van der Waals surface area (Å²) in [7, 11) is 0. The molecule has 164 valence electrons. The number of aryl methyl sites for hydroxylation is 2. The number of hydrogen-bond donors (Lipinski definition) is 0. The first-order valence-corrected chi connectivity index (χ1v) is 11.4. The molecule has 0 saturated carbocycles. The van der Waals surface area contributed by atoms with Crippen LogP contribution < -0.4 is 0 Å². The van der Waals surface area contributed by atoms with Gasteiger partial charge in [-0.3, -0.25) is 0 Å². The highest BCUT2D eigenvalue weighted by Crippen LogP contribution is 2.26. The van der Waals surface area contributed by atoms with Crippen LogP contribution in [0.3, 0.4) is 0 Å². The molecule has 2 rings (SSSR count). The van der Waals surface area contributed by atoms with E-state index in [1.165, 1.54) is 33.4 Å². The third-order valence-electron chi connectivity index (χ3n) is 3.80. The monoisotopic (exact) mass is 396 g/mol. The van der Waals surface area contributed by atoms with Crippen molar-refractivity contribution in [2.75, 3.05) is 0 Å². The van der Waals surface area contributed by atoms with Crippen LogP contribution in [0.2, 0.25) is 0 Å². The van der Waals surface area contributed by atoms with Crippen molar-refractivity contribution in [3.63, 3.8) is 0 Å². The summed E-state index contributed by atoms with van der Waals surface area (Å²) in [5.74, 6) is 0. The van der Waals surface area contributed by atoms with Crippen LogP contribution in [0.4, 0.5) is 0 Å². The van der Waals surface area contributed by atoms with E-state index in [0.29, 0.717) is 0 Å². The lowest BCUT2D eigenvalue weighted by Crippen LogP contribution is -1.90. The third kappa shape index (κ3) is 15.5. The second-order valence-electron chi connectivity index (χ2n) is 6.24. The zero-order chi connectivity index (χ0) is 23.2. The van der Waals surface area contributed by atoms with Gasteiger partial charge in [-0.05, 0) is 57.7 Å². The topological polar surface area (TPSA) is 0 Å². The van der Waals surface area contributed by atoms with E-state index in [4.69, 9.17) is 0 Å². The fraction of sp³-hybridized carbons (Fsp3) is 0.448. The lowest BCUT2D eigenvalue weighted by molar-refractivity contribution is 1.10. The summed E-state index contributed by atoms with van der Waals surface area (Å²) in [4.78, 5) is 0. The number of allylic oxidation sites excluding steroid dienone is 4. The van der Waals surface area contributed by atoms with Gasteiger partial charge < -0.3 is 0 Å². The first-order valence-electron chi connectivity index (χ1n) is 11.4. The van der Waals surface area contributed by atoms with Gasteiger partial charge in [0.1, 0.15) is 0 Å². The zero-order valence-electron chi connectivity index (χ0n) is 21.5. The van der Waals surface area contributed by atoms with E-state index in [2.05, 4.69) is 84.0 Å². The van der Waals surface area contributed by atoms with E-state index in [1.54, 1.807) is 0 Å². The summed E-state index contributed by atoms with van der Waals surface area (Å²) >= 11 is 0. The Labute approximate surface area is 183 Å². The fourth-order valence-corrected chi connectivity index (χ4v) is 2.32. The molecular weight excluding hydrogens is 348 g/mol. The molecule has 0 atom stereocenters. The first kappa shape index (κ1) is 31.6. The van der Waals surface area contributed by atoms with Crippen LogP contribution in [-0.2, 0) is 0 Å². The van der Waals surface area contributed by atoms with E-state index >= 15 is 0 Å². The lowest BCUT2D eigenvalue weighted by atomic mass is 9.94. The molecule has 0 heterocycles. The van der Waals surface area contributed by atoms with Crippen LogP contribution in [0.25, 0.3) is 5.57 Å². The van der Waals surface area contributed by atoms with Crippen molar-refractivity contribution in [2.24, 2.45) is 0 Å². The minimum atomic E-state index is 1.10. The van der Waals surface area contributed by atoms with Crippen molar-refractivity contribution in [1.82, 2.24) is 0 Å². The molecule has 0 aromatic heterocycles. The largest absolute Gasteiger partial charge is 0.0758 e. The number of benzene rings is 2. The highest BCUT2D eigenvalue weighted by Gasteiger charge is 2.04. The van der Waals surface area contributed by atoms with Gasteiger partial charge in [-0.25, -0.2) is 0 Å². The van der Waals surface area contributed by atoms with Crippen LogP contribution in [0.5, 0.6) is 0 Å². The molecule has 2 aromatic carbocycles. The number of hydrogen-bond acceptors (Lipinski definition) is 0. The quantitative estimate of drug-likeness (QED) is 0.452. The normalized spacial score (nSPS) is 9.38. The summed E-state index contributed by atoms with van der Waals surface area (Å²) in [6.45, 7) is 25.0. The molecule has 0 amide bonds. The molecule has 2 aromatic rings. The molecule has 0 spiro atoms. The fourth-order valence-electron chi connectivity index (χ4n) is 2.32. The van der Waals surface area contributed by atoms with E-state index < -0.39 is 0 Å². The van der Waals surface area contributed by atoms with Gasteiger partial charge in [-0.15, -0.1) is 0 Å². The summed E-state index contributed by atoms with van der Waals surface area (Å²) in [5.41, 5.74) is 8.23. The Balaban J connectivity index is -0.000000432. The van der Waals surface area contributed by atoms with Crippen molar-refractivity contribution in [3.05, 3.63) is 88.5 Å². The Morgan fingerprint density at radius 3 is 1.48 bits per heavy atom. The SMILES string of the molecule is CC.CC.CC.CC/C(C)=C(\C=C(C)C)c1ccccc1C.Cc1ccccc1. The Kier molecular flexibility index (Phi) is 24.2. The Morgan fingerprint density at radius 1 is 0.690 bits per heavy atom. The minimum absolute atomic E-state index is 1.10. The van der Waals surface area contributed by atoms with Crippen molar-refractivity contribution in [1.29, 1.82) is 0 Å². The van der Waals surface area contributed by atoms with E-state index in [0.717, 1.165) is 6.42 Å². The molecule has 0 aliphatic carbocycles.